The second-order valence-electron chi connectivity index (χ2n) is 9.60. The van der Waals surface area contributed by atoms with Gasteiger partial charge in [0.1, 0.15) is 11.5 Å². The zero-order chi connectivity index (χ0) is 22.0. The van der Waals surface area contributed by atoms with E-state index in [-0.39, 0.29) is 10.8 Å². The summed E-state index contributed by atoms with van der Waals surface area (Å²) in [4.78, 5) is 0. The van der Waals surface area contributed by atoms with Gasteiger partial charge in [0.2, 0.25) is 0 Å². The summed E-state index contributed by atoms with van der Waals surface area (Å²) in [5.41, 5.74) is 6.77. The van der Waals surface area contributed by atoms with Crippen molar-refractivity contribution in [2.75, 3.05) is 14.2 Å². The topological polar surface area (TPSA) is 18.5 Å². The number of benzene rings is 2. The predicted octanol–water partition coefficient (Wildman–Crippen LogP) is 7.37. The molecule has 2 rings (SSSR count). The molecule has 0 fully saturated rings. The van der Waals surface area contributed by atoms with Gasteiger partial charge in [-0.3, -0.25) is 0 Å². The normalized spacial score (nSPS) is 12.2. The number of alkyl halides is 2. The summed E-state index contributed by atoms with van der Waals surface area (Å²) in [5, 5.41) is 0. The molecular formula is C25H34Cl2O2. The standard InChI is InChI=1S/C25H34Cl2O2/c1-24(2,3)20-10-16(22(28-7)18(12-20)14-26)9-17-11-21(25(4,5)6)13-19(15-27)23(17)29-8/h10-13H,9,14-15H2,1-8H3. The van der Waals surface area contributed by atoms with Crippen LogP contribution in [-0.4, -0.2) is 14.2 Å². The molecule has 0 bridgehead atoms. The predicted molar refractivity (Wildman–Crippen MR) is 125 cm³/mol. The van der Waals surface area contributed by atoms with E-state index in [4.69, 9.17) is 32.7 Å². The van der Waals surface area contributed by atoms with E-state index in [1.807, 2.05) is 0 Å². The average Bonchev–Trinajstić information content (AvgIpc) is 2.64. The highest BCUT2D eigenvalue weighted by molar-refractivity contribution is 6.17. The lowest BCUT2D eigenvalue weighted by atomic mass is 9.82. The molecule has 0 saturated carbocycles. The molecule has 0 radical (unpaired) electrons. The summed E-state index contributed by atoms with van der Waals surface area (Å²) in [5.74, 6) is 2.52. The van der Waals surface area contributed by atoms with Crippen molar-refractivity contribution in [2.24, 2.45) is 0 Å². The van der Waals surface area contributed by atoms with Crippen LogP contribution in [0.5, 0.6) is 11.5 Å². The second-order valence-corrected chi connectivity index (χ2v) is 10.1. The van der Waals surface area contributed by atoms with Crippen LogP contribution in [0.3, 0.4) is 0 Å². The average molecular weight is 437 g/mol. The Labute approximate surface area is 186 Å². The zero-order valence-electron chi connectivity index (χ0n) is 19.0. The Bertz CT molecular complexity index is 787. The van der Waals surface area contributed by atoms with E-state index in [1.54, 1.807) is 14.2 Å². The van der Waals surface area contributed by atoms with Crippen LogP contribution in [0.1, 0.15) is 74.9 Å². The molecule has 0 saturated heterocycles. The van der Waals surface area contributed by atoms with Gasteiger partial charge in [0.25, 0.3) is 0 Å². The summed E-state index contributed by atoms with van der Waals surface area (Å²) >= 11 is 12.6. The largest absolute Gasteiger partial charge is 0.496 e. The fourth-order valence-corrected chi connectivity index (χ4v) is 3.96. The number of hydrogen-bond acceptors (Lipinski definition) is 2. The molecule has 2 aromatic rings. The Balaban J connectivity index is 2.72. The van der Waals surface area contributed by atoms with E-state index < -0.39 is 0 Å². The lowest BCUT2D eigenvalue weighted by Crippen LogP contribution is -2.14. The molecular weight excluding hydrogens is 403 g/mol. The number of hydrogen-bond donors (Lipinski definition) is 0. The van der Waals surface area contributed by atoms with Crippen LogP contribution in [0.25, 0.3) is 0 Å². The van der Waals surface area contributed by atoms with Crippen LogP contribution in [0.2, 0.25) is 0 Å². The first-order valence-corrected chi connectivity index (χ1v) is 11.1. The van der Waals surface area contributed by atoms with Gasteiger partial charge in [-0.05, 0) is 33.1 Å². The van der Waals surface area contributed by atoms with Crippen molar-refractivity contribution in [3.8, 4) is 11.5 Å². The molecule has 0 aliphatic heterocycles. The van der Waals surface area contributed by atoms with Crippen molar-refractivity contribution in [1.82, 2.24) is 0 Å². The lowest BCUT2D eigenvalue weighted by molar-refractivity contribution is 0.400. The highest BCUT2D eigenvalue weighted by Gasteiger charge is 2.23. The molecule has 0 aliphatic rings. The summed E-state index contributed by atoms with van der Waals surface area (Å²) < 4.78 is 11.6. The Morgan fingerprint density at radius 1 is 0.621 bits per heavy atom. The number of halogens is 2. The van der Waals surface area contributed by atoms with Gasteiger partial charge < -0.3 is 9.47 Å². The summed E-state index contributed by atoms with van der Waals surface area (Å²) in [6, 6.07) is 8.78. The highest BCUT2D eigenvalue weighted by Crippen LogP contribution is 2.38. The zero-order valence-corrected chi connectivity index (χ0v) is 20.5. The van der Waals surface area contributed by atoms with Crippen LogP contribution >= 0.6 is 23.2 Å². The first-order valence-electron chi connectivity index (χ1n) is 9.98. The molecule has 29 heavy (non-hydrogen) atoms. The summed E-state index contributed by atoms with van der Waals surface area (Å²) in [7, 11) is 3.41. The van der Waals surface area contributed by atoms with Crippen LogP contribution in [0.4, 0.5) is 0 Å². The third-order valence-corrected chi connectivity index (χ3v) is 5.87. The van der Waals surface area contributed by atoms with E-state index in [1.165, 1.54) is 11.1 Å². The molecule has 0 unspecified atom stereocenters. The Kier molecular flexibility index (Phi) is 7.57. The minimum Gasteiger partial charge on any atom is -0.496 e. The van der Waals surface area contributed by atoms with Crippen molar-refractivity contribution in [2.45, 2.75) is 70.6 Å². The van der Waals surface area contributed by atoms with Crippen molar-refractivity contribution in [1.29, 1.82) is 0 Å². The van der Waals surface area contributed by atoms with Gasteiger partial charge in [-0.1, -0.05) is 65.8 Å². The molecule has 0 amide bonds. The molecule has 0 heterocycles. The van der Waals surface area contributed by atoms with E-state index in [0.29, 0.717) is 18.2 Å². The maximum Gasteiger partial charge on any atom is 0.126 e. The van der Waals surface area contributed by atoms with Crippen LogP contribution in [0, 0.1) is 0 Å². The molecule has 0 atom stereocenters. The molecule has 0 aliphatic carbocycles. The summed E-state index contributed by atoms with van der Waals surface area (Å²) in [6.45, 7) is 13.3. The van der Waals surface area contributed by atoms with Gasteiger partial charge in [-0.2, -0.15) is 0 Å². The highest BCUT2D eigenvalue weighted by atomic mass is 35.5. The van der Waals surface area contributed by atoms with Gasteiger partial charge in [0, 0.05) is 17.5 Å². The second kappa shape index (κ2) is 9.18. The molecule has 0 aromatic heterocycles. The maximum atomic E-state index is 6.28. The number of rotatable bonds is 6. The van der Waals surface area contributed by atoms with Crippen LogP contribution in [0.15, 0.2) is 24.3 Å². The van der Waals surface area contributed by atoms with Crippen molar-refractivity contribution in [3.63, 3.8) is 0 Å². The van der Waals surface area contributed by atoms with Crippen LogP contribution < -0.4 is 9.47 Å². The van der Waals surface area contributed by atoms with Crippen molar-refractivity contribution >= 4 is 23.2 Å². The maximum absolute atomic E-state index is 6.28. The lowest BCUT2D eigenvalue weighted by Gasteiger charge is -2.25. The monoisotopic (exact) mass is 436 g/mol. The third-order valence-electron chi connectivity index (χ3n) is 5.29. The molecule has 160 valence electrons. The quantitative estimate of drug-likeness (QED) is 0.439. The minimum atomic E-state index is 0.0144. The van der Waals surface area contributed by atoms with Gasteiger partial charge in [0.15, 0.2) is 0 Å². The molecule has 4 heteroatoms. The molecule has 0 N–H and O–H groups in total. The molecule has 0 spiro atoms. The van der Waals surface area contributed by atoms with E-state index in [9.17, 15) is 0 Å². The first kappa shape index (κ1) is 23.9. The first-order chi connectivity index (χ1) is 13.5. The van der Waals surface area contributed by atoms with E-state index >= 15 is 0 Å². The number of ether oxygens (including phenoxy) is 2. The van der Waals surface area contributed by atoms with Gasteiger partial charge >= 0.3 is 0 Å². The fraction of sp³-hybridized carbons (Fsp3) is 0.520. The Morgan fingerprint density at radius 2 is 0.931 bits per heavy atom. The van der Waals surface area contributed by atoms with Crippen molar-refractivity contribution in [3.05, 3.63) is 57.6 Å². The van der Waals surface area contributed by atoms with E-state index in [2.05, 4.69) is 65.8 Å². The van der Waals surface area contributed by atoms with Gasteiger partial charge in [0.05, 0.1) is 26.0 Å². The van der Waals surface area contributed by atoms with Gasteiger partial charge in [-0.25, -0.2) is 0 Å². The summed E-state index contributed by atoms with van der Waals surface area (Å²) in [6.07, 6.45) is 0.688. The number of methoxy groups -OCH3 is 2. The van der Waals surface area contributed by atoms with E-state index in [0.717, 1.165) is 33.8 Å². The Hall–Kier alpha value is -1.38. The fourth-order valence-electron chi connectivity index (χ4n) is 3.57. The van der Waals surface area contributed by atoms with Crippen LogP contribution in [-0.2, 0) is 29.0 Å². The SMILES string of the molecule is COc1c(CCl)cc(C(C)(C)C)cc1Cc1cc(C(C)(C)C)cc(CCl)c1OC. The van der Waals surface area contributed by atoms with Gasteiger partial charge in [-0.15, -0.1) is 23.2 Å². The molecule has 2 aromatic carbocycles. The smallest absolute Gasteiger partial charge is 0.126 e. The van der Waals surface area contributed by atoms with Crippen molar-refractivity contribution < 1.29 is 9.47 Å². The Morgan fingerprint density at radius 3 is 1.17 bits per heavy atom. The minimum absolute atomic E-state index is 0.0144. The molecule has 2 nitrogen and oxygen atoms in total. The third kappa shape index (κ3) is 5.41.